The second kappa shape index (κ2) is 25.6. The maximum Gasteiger partial charge on any atom is -0.0285 e. The number of allylic oxidation sites excluding steroid dienone is 26. The van der Waals surface area contributed by atoms with Crippen molar-refractivity contribution in [2.24, 2.45) is 0 Å². The van der Waals surface area contributed by atoms with Gasteiger partial charge in [-0.05, 0) is 94.9 Å². The molecule has 0 radical (unpaired) electrons. The highest BCUT2D eigenvalue weighted by Crippen LogP contribution is 2.09. The second-order valence-corrected chi connectivity index (χ2v) is 11.1. The van der Waals surface area contributed by atoms with Crippen LogP contribution in [-0.4, -0.2) is 0 Å². The highest BCUT2D eigenvalue weighted by atomic mass is 13.9. The molecule has 0 fully saturated rings. The van der Waals surface area contributed by atoms with Gasteiger partial charge in [0.15, 0.2) is 0 Å². The van der Waals surface area contributed by atoms with Crippen molar-refractivity contribution in [3.63, 3.8) is 0 Å². The quantitative estimate of drug-likeness (QED) is 0.132. The van der Waals surface area contributed by atoms with Gasteiger partial charge in [-0.3, -0.25) is 0 Å². The largest absolute Gasteiger partial charge is 0.0856 e. The van der Waals surface area contributed by atoms with Gasteiger partial charge in [0.25, 0.3) is 0 Å². The molecule has 0 bridgehead atoms. The van der Waals surface area contributed by atoms with Crippen LogP contribution in [0.15, 0.2) is 154 Å². The lowest BCUT2D eigenvalue weighted by molar-refractivity contribution is 0.967. The minimum atomic E-state index is 0. The van der Waals surface area contributed by atoms with Crippen molar-refractivity contribution in [1.82, 2.24) is 0 Å². The topological polar surface area (TPSA) is 0 Å². The fourth-order valence-electron chi connectivity index (χ4n) is 3.41. The van der Waals surface area contributed by atoms with Crippen molar-refractivity contribution in [1.29, 1.82) is 0 Å². The van der Waals surface area contributed by atoms with E-state index in [1.165, 1.54) is 44.6 Å². The monoisotopic (exact) mass is 552 g/mol. The molecule has 0 saturated heterocycles. The smallest absolute Gasteiger partial charge is 0.0285 e. The van der Waals surface area contributed by atoms with E-state index in [0.29, 0.717) is 0 Å². The summed E-state index contributed by atoms with van der Waals surface area (Å²) in [5.41, 5.74) is 10.5. The minimum absolute atomic E-state index is 0. The standard InChI is InChI=1S/C40H56.CH4/c1-33(2)19-13-23-37(7)27-17-31-39(9)29-15-25-35(5)21-11-12-22-36(6)26-16-30-40(10)32-18-28-38(8)24-14-20-34(3)4;/h11-12,15-22,25-32H,13-14,23-24H2,1-10H3;1H4/b12-11+,25-15+,26-16+,31-17+,32-18+,35-21+,36-22+,37-27+,38-28+,39-29+,40-30+;. The lowest BCUT2D eigenvalue weighted by Crippen LogP contribution is -1.76. The molecular formula is C41H60. The lowest BCUT2D eigenvalue weighted by Gasteiger charge is -1.96. The molecular weight excluding hydrogens is 492 g/mol. The Morgan fingerprint density at radius 3 is 0.927 bits per heavy atom. The van der Waals surface area contributed by atoms with Crippen LogP contribution in [0.2, 0.25) is 0 Å². The zero-order valence-corrected chi connectivity index (χ0v) is 27.2. The van der Waals surface area contributed by atoms with E-state index >= 15 is 0 Å². The van der Waals surface area contributed by atoms with E-state index in [4.69, 9.17) is 0 Å². The minimum Gasteiger partial charge on any atom is -0.0856 e. The van der Waals surface area contributed by atoms with Crippen LogP contribution in [0.1, 0.15) is 102 Å². The molecule has 0 aliphatic rings. The van der Waals surface area contributed by atoms with Crippen LogP contribution in [0.4, 0.5) is 0 Å². The third kappa shape index (κ3) is 28.0. The molecule has 224 valence electrons. The maximum absolute atomic E-state index is 2.30. The molecule has 41 heavy (non-hydrogen) atoms. The fourth-order valence-corrected chi connectivity index (χ4v) is 3.41. The Morgan fingerprint density at radius 2 is 0.634 bits per heavy atom. The first-order valence-corrected chi connectivity index (χ1v) is 14.7. The molecule has 0 spiro atoms. The summed E-state index contributed by atoms with van der Waals surface area (Å²) in [5.74, 6) is 0. The SMILES string of the molecule is C.CC(C)=CCC/C(C)=C/C=C/C(C)=C/C=C/C(C)=C/C=C/C=C(C)/C=C/C=C(C)/C=C/C=C(\C)CCC=C(C)C. The van der Waals surface area contributed by atoms with Gasteiger partial charge >= 0.3 is 0 Å². The lowest BCUT2D eigenvalue weighted by atomic mass is 10.1. The van der Waals surface area contributed by atoms with Crippen molar-refractivity contribution in [3.8, 4) is 0 Å². The third-order valence-electron chi connectivity index (χ3n) is 5.93. The summed E-state index contributed by atoms with van der Waals surface area (Å²) in [6, 6.07) is 0. The molecule has 0 atom stereocenters. The number of hydrogen-bond acceptors (Lipinski definition) is 0. The molecule has 0 saturated carbocycles. The van der Waals surface area contributed by atoms with Gasteiger partial charge in [0.2, 0.25) is 0 Å². The molecule has 0 aromatic rings. The summed E-state index contributed by atoms with van der Waals surface area (Å²) in [6.07, 6.45) is 43.3. The van der Waals surface area contributed by atoms with Crippen LogP contribution < -0.4 is 0 Å². The average Bonchev–Trinajstić information content (AvgIpc) is 2.86. The normalized spacial score (nSPS) is 14.7. The van der Waals surface area contributed by atoms with Crippen molar-refractivity contribution >= 4 is 0 Å². The van der Waals surface area contributed by atoms with Crippen molar-refractivity contribution in [2.75, 3.05) is 0 Å². The van der Waals surface area contributed by atoms with Crippen molar-refractivity contribution in [3.05, 3.63) is 154 Å². The molecule has 0 rings (SSSR count). The molecule has 0 heteroatoms. The fraction of sp³-hybridized carbons (Fsp3) is 0.366. The van der Waals surface area contributed by atoms with E-state index in [2.05, 4.69) is 179 Å². The summed E-state index contributed by atoms with van der Waals surface area (Å²) in [6.45, 7) is 21.5. The zero-order chi connectivity index (χ0) is 30.2. The van der Waals surface area contributed by atoms with Gasteiger partial charge in [-0.15, -0.1) is 0 Å². The van der Waals surface area contributed by atoms with Gasteiger partial charge in [0, 0.05) is 0 Å². The highest BCUT2D eigenvalue weighted by Gasteiger charge is 1.88. The number of hydrogen-bond donors (Lipinski definition) is 0. The number of rotatable bonds is 16. The Morgan fingerprint density at radius 1 is 0.366 bits per heavy atom. The molecule has 0 aliphatic heterocycles. The van der Waals surface area contributed by atoms with Gasteiger partial charge in [-0.2, -0.15) is 0 Å². The Labute approximate surface area is 255 Å². The third-order valence-corrected chi connectivity index (χ3v) is 5.93. The molecule has 0 unspecified atom stereocenters. The van der Waals surface area contributed by atoms with Crippen molar-refractivity contribution in [2.45, 2.75) is 102 Å². The molecule has 0 heterocycles. The Kier molecular flexibility index (Phi) is 24.8. The summed E-state index contributed by atoms with van der Waals surface area (Å²) in [4.78, 5) is 0. The predicted molar refractivity (Wildman–Crippen MR) is 192 cm³/mol. The van der Waals surface area contributed by atoms with Gasteiger partial charge in [0.05, 0.1) is 0 Å². The second-order valence-electron chi connectivity index (χ2n) is 11.1. The Balaban J connectivity index is 0. The summed E-state index contributed by atoms with van der Waals surface area (Å²) >= 11 is 0. The first-order valence-electron chi connectivity index (χ1n) is 14.7. The molecule has 0 N–H and O–H groups in total. The Hall–Kier alpha value is -3.38. The first-order chi connectivity index (χ1) is 19.0. The van der Waals surface area contributed by atoms with E-state index in [-0.39, 0.29) is 7.43 Å². The van der Waals surface area contributed by atoms with Crippen LogP contribution in [0.25, 0.3) is 0 Å². The van der Waals surface area contributed by atoms with Crippen LogP contribution in [0.3, 0.4) is 0 Å². The van der Waals surface area contributed by atoms with E-state index < -0.39 is 0 Å². The molecule has 0 nitrogen and oxygen atoms in total. The van der Waals surface area contributed by atoms with E-state index in [9.17, 15) is 0 Å². The van der Waals surface area contributed by atoms with Gasteiger partial charge in [0.1, 0.15) is 0 Å². The van der Waals surface area contributed by atoms with E-state index in [0.717, 1.165) is 25.7 Å². The van der Waals surface area contributed by atoms with Crippen LogP contribution in [-0.2, 0) is 0 Å². The summed E-state index contributed by atoms with van der Waals surface area (Å²) in [5, 5.41) is 0. The predicted octanol–water partition coefficient (Wildman–Crippen LogP) is 13.6. The van der Waals surface area contributed by atoms with Crippen LogP contribution in [0, 0.1) is 0 Å². The van der Waals surface area contributed by atoms with Gasteiger partial charge in [-0.1, -0.05) is 161 Å². The molecule has 0 aromatic carbocycles. The van der Waals surface area contributed by atoms with Gasteiger partial charge in [-0.25, -0.2) is 0 Å². The van der Waals surface area contributed by atoms with Gasteiger partial charge < -0.3 is 0 Å². The summed E-state index contributed by atoms with van der Waals surface area (Å²) in [7, 11) is 0. The molecule has 0 amide bonds. The first kappa shape index (κ1) is 39.8. The zero-order valence-electron chi connectivity index (χ0n) is 27.2. The maximum atomic E-state index is 2.30. The average molecular weight is 553 g/mol. The van der Waals surface area contributed by atoms with Crippen LogP contribution >= 0.6 is 0 Å². The van der Waals surface area contributed by atoms with Crippen LogP contribution in [0.5, 0.6) is 0 Å². The van der Waals surface area contributed by atoms with E-state index in [1.807, 2.05) is 0 Å². The molecule has 0 aliphatic carbocycles. The Bertz CT molecular complexity index is 1050. The van der Waals surface area contributed by atoms with E-state index in [1.54, 1.807) is 0 Å². The highest BCUT2D eigenvalue weighted by molar-refractivity contribution is 5.32. The van der Waals surface area contributed by atoms with Crippen molar-refractivity contribution < 1.29 is 0 Å². The summed E-state index contributed by atoms with van der Waals surface area (Å²) < 4.78 is 0. The molecule has 0 aromatic heterocycles.